The van der Waals surface area contributed by atoms with E-state index >= 15 is 0 Å². The first kappa shape index (κ1) is 17.1. The van der Waals surface area contributed by atoms with Gasteiger partial charge >= 0.3 is 0 Å². The smallest absolute Gasteiger partial charge is 0.283 e. The molecule has 0 aromatic carbocycles. The standard InChI is InChI=1S/C13H22BrN3O3/c1-9(2)10(4-6-18)16-11-8-15-17(5-7-20-3)13(19)12(11)14/h8-10,16,18H,4-7H2,1-3H3. The van der Waals surface area contributed by atoms with Crippen LogP contribution in [-0.2, 0) is 11.3 Å². The lowest BCUT2D eigenvalue weighted by molar-refractivity contribution is 0.181. The van der Waals surface area contributed by atoms with Crippen molar-refractivity contribution < 1.29 is 9.84 Å². The zero-order chi connectivity index (χ0) is 15.1. The van der Waals surface area contributed by atoms with E-state index in [-0.39, 0.29) is 18.2 Å². The number of ether oxygens (including phenoxy) is 1. The lowest BCUT2D eigenvalue weighted by Crippen LogP contribution is -2.30. The van der Waals surface area contributed by atoms with Crippen molar-refractivity contribution in [2.45, 2.75) is 32.9 Å². The van der Waals surface area contributed by atoms with Crippen LogP contribution in [0.5, 0.6) is 0 Å². The fourth-order valence-corrected chi connectivity index (χ4v) is 2.24. The van der Waals surface area contributed by atoms with Crippen molar-refractivity contribution in [3.63, 3.8) is 0 Å². The molecule has 7 heteroatoms. The van der Waals surface area contributed by atoms with Gasteiger partial charge in [-0.1, -0.05) is 13.8 Å². The van der Waals surface area contributed by atoms with Crippen molar-refractivity contribution in [2.75, 3.05) is 25.6 Å². The Morgan fingerprint density at radius 2 is 2.25 bits per heavy atom. The molecule has 1 rings (SSSR count). The number of aromatic nitrogens is 2. The normalized spacial score (nSPS) is 12.7. The Bertz CT molecular complexity index is 476. The fourth-order valence-electron chi connectivity index (χ4n) is 1.81. The molecule has 114 valence electrons. The highest BCUT2D eigenvalue weighted by atomic mass is 79.9. The maximum Gasteiger partial charge on any atom is 0.283 e. The molecular weight excluding hydrogens is 326 g/mol. The highest BCUT2D eigenvalue weighted by Gasteiger charge is 2.16. The summed E-state index contributed by atoms with van der Waals surface area (Å²) in [6.45, 7) is 5.08. The molecule has 0 fully saturated rings. The first-order valence-corrected chi connectivity index (χ1v) is 7.42. The third-order valence-electron chi connectivity index (χ3n) is 3.08. The third-order valence-corrected chi connectivity index (χ3v) is 3.84. The van der Waals surface area contributed by atoms with Crippen LogP contribution in [0.1, 0.15) is 20.3 Å². The molecule has 0 radical (unpaired) electrons. The maximum absolute atomic E-state index is 12.1. The summed E-state index contributed by atoms with van der Waals surface area (Å²) < 4.78 is 6.75. The molecule has 1 atom stereocenters. The van der Waals surface area contributed by atoms with Crippen LogP contribution < -0.4 is 10.9 Å². The largest absolute Gasteiger partial charge is 0.396 e. The molecule has 1 heterocycles. The van der Waals surface area contributed by atoms with Crippen molar-refractivity contribution in [2.24, 2.45) is 5.92 Å². The quantitative estimate of drug-likeness (QED) is 0.744. The van der Waals surface area contributed by atoms with Gasteiger partial charge in [-0.05, 0) is 28.3 Å². The van der Waals surface area contributed by atoms with Gasteiger partial charge in [-0.2, -0.15) is 5.10 Å². The van der Waals surface area contributed by atoms with E-state index in [1.165, 1.54) is 4.68 Å². The van der Waals surface area contributed by atoms with E-state index in [0.29, 0.717) is 35.7 Å². The molecule has 0 bridgehead atoms. The van der Waals surface area contributed by atoms with E-state index in [0.717, 1.165) is 0 Å². The monoisotopic (exact) mass is 347 g/mol. The zero-order valence-corrected chi connectivity index (χ0v) is 13.7. The van der Waals surface area contributed by atoms with Crippen LogP contribution in [0.25, 0.3) is 0 Å². The molecule has 2 N–H and O–H groups in total. The van der Waals surface area contributed by atoms with E-state index in [1.807, 2.05) is 0 Å². The SMILES string of the molecule is COCCn1ncc(NC(CCO)C(C)C)c(Br)c1=O. The van der Waals surface area contributed by atoms with E-state index < -0.39 is 0 Å². The van der Waals surface area contributed by atoms with Crippen LogP contribution in [0.2, 0.25) is 0 Å². The van der Waals surface area contributed by atoms with Crippen molar-refractivity contribution in [3.8, 4) is 0 Å². The van der Waals surface area contributed by atoms with Crippen LogP contribution >= 0.6 is 15.9 Å². The Balaban J connectivity index is 2.91. The summed E-state index contributed by atoms with van der Waals surface area (Å²) in [5, 5.41) is 16.5. The van der Waals surface area contributed by atoms with Gasteiger partial charge in [0.25, 0.3) is 5.56 Å². The van der Waals surface area contributed by atoms with Crippen molar-refractivity contribution in [1.29, 1.82) is 0 Å². The second-order valence-electron chi connectivity index (χ2n) is 4.90. The van der Waals surface area contributed by atoms with Crippen LogP contribution in [-0.4, -0.2) is 41.3 Å². The maximum atomic E-state index is 12.1. The average molecular weight is 348 g/mol. The molecule has 6 nitrogen and oxygen atoms in total. The molecule has 0 aliphatic carbocycles. The number of methoxy groups -OCH3 is 1. The van der Waals surface area contributed by atoms with Gasteiger partial charge in [-0.15, -0.1) is 0 Å². The van der Waals surface area contributed by atoms with Crippen LogP contribution in [0.4, 0.5) is 5.69 Å². The summed E-state index contributed by atoms with van der Waals surface area (Å²) in [5.41, 5.74) is 0.453. The molecular formula is C13H22BrN3O3. The van der Waals surface area contributed by atoms with Gasteiger partial charge in [0, 0.05) is 19.8 Å². The molecule has 0 amide bonds. The van der Waals surface area contributed by atoms with E-state index in [1.54, 1.807) is 13.3 Å². The van der Waals surface area contributed by atoms with Crippen LogP contribution in [0.3, 0.4) is 0 Å². The number of hydrogen-bond donors (Lipinski definition) is 2. The van der Waals surface area contributed by atoms with E-state index in [4.69, 9.17) is 9.84 Å². The van der Waals surface area contributed by atoms with E-state index in [2.05, 4.69) is 40.2 Å². The van der Waals surface area contributed by atoms with Crippen molar-refractivity contribution in [3.05, 3.63) is 21.0 Å². The van der Waals surface area contributed by atoms with Gasteiger partial charge in [-0.3, -0.25) is 4.79 Å². The predicted molar refractivity (Wildman–Crippen MR) is 82.0 cm³/mol. The van der Waals surface area contributed by atoms with Gasteiger partial charge in [0.15, 0.2) is 0 Å². The molecule has 1 aromatic rings. The molecule has 0 aliphatic heterocycles. The predicted octanol–water partition coefficient (Wildman–Crippen LogP) is 1.47. The Kier molecular flexibility index (Phi) is 7.18. The number of halogens is 1. The zero-order valence-electron chi connectivity index (χ0n) is 12.1. The molecule has 1 unspecified atom stereocenters. The number of nitrogens with zero attached hydrogens (tertiary/aromatic N) is 2. The first-order chi connectivity index (χ1) is 9.51. The Labute approximate surface area is 127 Å². The minimum Gasteiger partial charge on any atom is -0.396 e. The van der Waals surface area contributed by atoms with Gasteiger partial charge in [-0.25, -0.2) is 4.68 Å². The van der Waals surface area contributed by atoms with Crippen LogP contribution in [0, 0.1) is 5.92 Å². The molecule has 0 spiro atoms. The number of aliphatic hydroxyl groups is 1. The van der Waals surface area contributed by atoms with Gasteiger partial charge in [0.1, 0.15) is 4.47 Å². The van der Waals surface area contributed by atoms with Gasteiger partial charge < -0.3 is 15.2 Å². The number of rotatable bonds is 8. The fraction of sp³-hybridized carbons (Fsp3) is 0.692. The summed E-state index contributed by atoms with van der Waals surface area (Å²) in [7, 11) is 1.58. The van der Waals surface area contributed by atoms with Crippen molar-refractivity contribution in [1.82, 2.24) is 9.78 Å². The highest BCUT2D eigenvalue weighted by molar-refractivity contribution is 9.10. The minimum atomic E-state index is -0.196. The lowest BCUT2D eigenvalue weighted by Gasteiger charge is -2.23. The van der Waals surface area contributed by atoms with Gasteiger partial charge in [0.05, 0.1) is 25.0 Å². The van der Waals surface area contributed by atoms with Gasteiger partial charge in [0.2, 0.25) is 0 Å². The lowest BCUT2D eigenvalue weighted by atomic mass is 10.0. The molecule has 0 saturated carbocycles. The summed E-state index contributed by atoms with van der Waals surface area (Å²) in [5.74, 6) is 0.338. The number of aliphatic hydroxyl groups excluding tert-OH is 1. The third kappa shape index (κ3) is 4.57. The first-order valence-electron chi connectivity index (χ1n) is 6.63. The molecule has 1 aromatic heterocycles. The molecule has 0 aliphatic rings. The number of hydrogen-bond acceptors (Lipinski definition) is 5. The summed E-state index contributed by atoms with van der Waals surface area (Å²) in [6, 6.07) is 0.0901. The number of nitrogens with one attached hydrogen (secondary N) is 1. The highest BCUT2D eigenvalue weighted by Crippen LogP contribution is 2.20. The Hall–Kier alpha value is -0.920. The minimum absolute atomic E-state index is 0.0901. The van der Waals surface area contributed by atoms with Crippen LogP contribution in [0.15, 0.2) is 15.5 Å². The summed E-state index contributed by atoms with van der Waals surface area (Å²) in [6.07, 6.45) is 2.24. The second-order valence-corrected chi connectivity index (χ2v) is 5.69. The summed E-state index contributed by atoms with van der Waals surface area (Å²) in [4.78, 5) is 12.1. The Morgan fingerprint density at radius 1 is 1.55 bits per heavy atom. The summed E-state index contributed by atoms with van der Waals surface area (Å²) >= 11 is 3.31. The Morgan fingerprint density at radius 3 is 2.80 bits per heavy atom. The van der Waals surface area contributed by atoms with Crippen molar-refractivity contribution >= 4 is 21.6 Å². The average Bonchev–Trinajstić information content (AvgIpc) is 2.42. The molecule has 0 saturated heterocycles. The van der Waals surface area contributed by atoms with E-state index in [9.17, 15) is 4.79 Å². The molecule has 20 heavy (non-hydrogen) atoms. The topological polar surface area (TPSA) is 76.4 Å². The second kappa shape index (κ2) is 8.39. The number of anilines is 1.